The molecular weight excluding hydrogens is 491 g/mol. The Morgan fingerprint density at radius 2 is 1.70 bits per heavy atom. The lowest BCUT2D eigenvalue weighted by Gasteiger charge is -2.35. The molecule has 2 heterocycles. The summed E-state index contributed by atoms with van der Waals surface area (Å²) in [7, 11) is 1.79. The number of hydrogen-bond acceptors (Lipinski definition) is 3. The SMILES string of the molecule is CCOC1CCN(C(=NC)NCC(=O)N2CCC(Cc3ccccc3)CC2)CC1.I. The molecule has 0 bridgehead atoms. The fourth-order valence-electron chi connectivity index (χ4n) is 4.40. The second-order valence-electron chi connectivity index (χ2n) is 8.06. The molecular formula is C23H37IN4O2. The van der Waals surface area contributed by atoms with Crippen molar-refractivity contribution in [2.45, 2.75) is 45.1 Å². The molecule has 7 heteroatoms. The summed E-state index contributed by atoms with van der Waals surface area (Å²) < 4.78 is 5.72. The van der Waals surface area contributed by atoms with Crippen LogP contribution in [-0.2, 0) is 16.0 Å². The average molecular weight is 528 g/mol. The van der Waals surface area contributed by atoms with E-state index in [1.807, 2.05) is 11.8 Å². The first kappa shape index (κ1) is 24.9. The predicted molar refractivity (Wildman–Crippen MR) is 132 cm³/mol. The molecule has 1 aromatic carbocycles. The van der Waals surface area contributed by atoms with Crippen LogP contribution >= 0.6 is 24.0 Å². The minimum atomic E-state index is 0. The van der Waals surface area contributed by atoms with Crippen molar-refractivity contribution in [1.29, 1.82) is 0 Å². The van der Waals surface area contributed by atoms with Crippen molar-refractivity contribution in [3.63, 3.8) is 0 Å². The molecule has 0 atom stereocenters. The maximum atomic E-state index is 12.7. The maximum absolute atomic E-state index is 12.7. The van der Waals surface area contributed by atoms with Crippen molar-refractivity contribution < 1.29 is 9.53 Å². The number of piperidine rings is 2. The van der Waals surface area contributed by atoms with Crippen LogP contribution in [0.5, 0.6) is 0 Å². The van der Waals surface area contributed by atoms with E-state index < -0.39 is 0 Å². The molecule has 6 nitrogen and oxygen atoms in total. The van der Waals surface area contributed by atoms with Crippen LogP contribution in [0.4, 0.5) is 0 Å². The Kier molecular flexibility index (Phi) is 10.9. The van der Waals surface area contributed by atoms with Gasteiger partial charge in [0.15, 0.2) is 5.96 Å². The van der Waals surface area contributed by atoms with E-state index in [1.54, 1.807) is 7.05 Å². The lowest BCUT2D eigenvalue weighted by molar-refractivity contribution is -0.131. The summed E-state index contributed by atoms with van der Waals surface area (Å²) in [4.78, 5) is 21.3. The summed E-state index contributed by atoms with van der Waals surface area (Å²) in [6.07, 6.45) is 5.66. The van der Waals surface area contributed by atoms with Crippen LogP contribution in [0.2, 0.25) is 0 Å². The number of benzene rings is 1. The third-order valence-corrected chi connectivity index (χ3v) is 6.09. The zero-order valence-corrected chi connectivity index (χ0v) is 20.7. The second kappa shape index (κ2) is 13.1. The van der Waals surface area contributed by atoms with Gasteiger partial charge in [-0.05, 0) is 50.5 Å². The molecule has 0 saturated carbocycles. The first-order valence-electron chi connectivity index (χ1n) is 11.1. The van der Waals surface area contributed by atoms with Gasteiger partial charge in [0.1, 0.15) is 0 Å². The fraction of sp³-hybridized carbons (Fsp3) is 0.652. The smallest absolute Gasteiger partial charge is 0.241 e. The Bertz CT molecular complexity index is 654. The Balaban J connectivity index is 0.00000320. The van der Waals surface area contributed by atoms with Gasteiger partial charge in [0.05, 0.1) is 12.6 Å². The van der Waals surface area contributed by atoms with Crippen molar-refractivity contribution in [2.24, 2.45) is 10.9 Å². The summed E-state index contributed by atoms with van der Waals surface area (Å²) in [5, 5.41) is 3.28. The van der Waals surface area contributed by atoms with Crippen LogP contribution < -0.4 is 5.32 Å². The first-order chi connectivity index (χ1) is 14.2. The van der Waals surface area contributed by atoms with Gasteiger partial charge in [-0.25, -0.2) is 0 Å². The van der Waals surface area contributed by atoms with Crippen molar-refractivity contribution in [3.8, 4) is 0 Å². The summed E-state index contributed by atoms with van der Waals surface area (Å²) in [6.45, 7) is 6.69. The Labute approximate surface area is 198 Å². The molecule has 0 spiro atoms. The highest BCUT2D eigenvalue weighted by atomic mass is 127. The molecule has 30 heavy (non-hydrogen) atoms. The first-order valence-corrected chi connectivity index (χ1v) is 11.1. The number of guanidine groups is 1. The highest BCUT2D eigenvalue weighted by molar-refractivity contribution is 14.0. The minimum Gasteiger partial charge on any atom is -0.378 e. The van der Waals surface area contributed by atoms with E-state index in [4.69, 9.17) is 4.74 Å². The van der Waals surface area contributed by atoms with Gasteiger partial charge in [-0.15, -0.1) is 24.0 Å². The van der Waals surface area contributed by atoms with Gasteiger partial charge >= 0.3 is 0 Å². The molecule has 0 radical (unpaired) electrons. The number of carbonyl (C=O) groups excluding carboxylic acids is 1. The number of amides is 1. The highest BCUT2D eigenvalue weighted by Gasteiger charge is 2.25. The fourth-order valence-corrected chi connectivity index (χ4v) is 4.40. The number of hydrogen-bond donors (Lipinski definition) is 1. The van der Waals surface area contributed by atoms with Gasteiger partial charge in [-0.1, -0.05) is 30.3 Å². The molecule has 2 aliphatic rings. The summed E-state index contributed by atoms with van der Waals surface area (Å²) >= 11 is 0. The zero-order valence-electron chi connectivity index (χ0n) is 18.4. The van der Waals surface area contributed by atoms with Gasteiger partial charge < -0.3 is 19.9 Å². The zero-order chi connectivity index (χ0) is 20.5. The quantitative estimate of drug-likeness (QED) is 0.350. The third kappa shape index (κ3) is 7.41. The van der Waals surface area contributed by atoms with Crippen LogP contribution in [0.25, 0.3) is 0 Å². The van der Waals surface area contributed by atoms with Crippen LogP contribution in [0.15, 0.2) is 35.3 Å². The van der Waals surface area contributed by atoms with Crippen LogP contribution in [0.3, 0.4) is 0 Å². The molecule has 0 aliphatic carbocycles. The van der Waals surface area contributed by atoms with Gasteiger partial charge in [0.2, 0.25) is 5.91 Å². The normalized spacial score (nSPS) is 18.8. The van der Waals surface area contributed by atoms with E-state index >= 15 is 0 Å². The van der Waals surface area contributed by atoms with Crippen LogP contribution in [0, 0.1) is 5.92 Å². The lowest BCUT2D eigenvalue weighted by Crippen LogP contribution is -2.50. The number of carbonyl (C=O) groups is 1. The van der Waals surface area contributed by atoms with Gasteiger partial charge in [-0.3, -0.25) is 9.79 Å². The number of likely N-dealkylation sites (tertiary alicyclic amines) is 2. The average Bonchev–Trinajstić information content (AvgIpc) is 2.76. The predicted octanol–water partition coefficient (Wildman–Crippen LogP) is 3.16. The Hall–Kier alpha value is -1.35. The van der Waals surface area contributed by atoms with Gasteiger partial charge in [-0.2, -0.15) is 0 Å². The van der Waals surface area contributed by atoms with E-state index in [2.05, 4.69) is 45.5 Å². The molecule has 0 aromatic heterocycles. The number of rotatable bonds is 6. The topological polar surface area (TPSA) is 57.2 Å². The molecule has 1 N–H and O–H groups in total. The van der Waals surface area contributed by atoms with E-state index in [0.29, 0.717) is 18.6 Å². The van der Waals surface area contributed by atoms with Crippen molar-refractivity contribution in [2.75, 3.05) is 46.4 Å². The van der Waals surface area contributed by atoms with E-state index in [0.717, 1.165) is 70.8 Å². The number of halogens is 1. The molecule has 2 saturated heterocycles. The number of nitrogens with one attached hydrogen (secondary N) is 1. The summed E-state index contributed by atoms with van der Waals surface area (Å²) in [6, 6.07) is 10.7. The summed E-state index contributed by atoms with van der Waals surface area (Å²) in [5.74, 6) is 1.68. The molecule has 2 fully saturated rings. The standard InChI is InChI=1S/C23H36N4O2.HI/c1-3-29-21-11-15-27(16-12-21)23(24-2)25-18-22(28)26-13-9-20(10-14-26)17-19-7-5-4-6-8-19;/h4-8,20-21H,3,9-18H2,1-2H3,(H,24,25);1H. The van der Waals surface area contributed by atoms with Gasteiger partial charge in [0.25, 0.3) is 0 Å². The number of aliphatic imine (C=N–C) groups is 1. The van der Waals surface area contributed by atoms with Crippen molar-refractivity contribution in [3.05, 3.63) is 35.9 Å². The molecule has 1 aromatic rings. The molecule has 168 valence electrons. The number of nitrogens with zero attached hydrogens (tertiary/aromatic N) is 3. The van der Waals surface area contributed by atoms with Gasteiger partial charge in [0, 0.05) is 39.8 Å². The van der Waals surface area contributed by atoms with E-state index in [-0.39, 0.29) is 29.9 Å². The largest absolute Gasteiger partial charge is 0.378 e. The Morgan fingerprint density at radius 1 is 1.07 bits per heavy atom. The van der Waals surface area contributed by atoms with E-state index in [9.17, 15) is 4.79 Å². The minimum absolute atomic E-state index is 0. The third-order valence-electron chi connectivity index (χ3n) is 6.09. The number of ether oxygens (including phenoxy) is 1. The van der Waals surface area contributed by atoms with Crippen molar-refractivity contribution >= 4 is 35.8 Å². The lowest BCUT2D eigenvalue weighted by atomic mass is 9.90. The van der Waals surface area contributed by atoms with Crippen molar-refractivity contribution in [1.82, 2.24) is 15.1 Å². The molecule has 3 rings (SSSR count). The monoisotopic (exact) mass is 528 g/mol. The van der Waals surface area contributed by atoms with Crippen LogP contribution in [0.1, 0.15) is 38.2 Å². The summed E-state index contributed by atoms with van der Waals surface area (Å²) in [5.41, 5.74) is 1.40. The Morgan fingerprint density at radius 3 is 2.30 bits per heavy atom. The maximum Gasteiger partial charge on any atom is 0.241 e. The highest BCUT2D eigenvalue weighted by Crippen LogP contribution is 2.21. The molecule has 0 unspecified atom stereocenters. The van der Waals surface area contributed by atoms with Crippen LogP contribution in [-0.4, -0.2) is 74.1 Å². The molecule has 1 amide bonds. The molecule has 2 aliphatic heterocycles. The second-order valence-corrected chi connectivity index (χ2v) is 8.06. The van der Waals surface area contributed by atoms with E-state index in [1.165, 1.54) is 5.56 Å².